The Labute approximate surface area is 96.1 Å². The minimum absolute atomic E-state index is 0.317. The third kappa shape index (κ3) is 2.77. The van der Waals surface area contributed by atoms with E-state index >= 15 is 0 Å². The molecule has 1 atom stereocenters. The van der Waals surface area contributed by atoms with Crippen LogP contribution in [0.15, 0.2) is 11.8 Å². The maximum Gasteiger partial charge on any atom is 0.157 e. The lowest BCUT2D eigenvalue weighted by Gasteiger charge is -2.34. The minimum Gasteiger partial charge on any atom is -0.374 e. The fourth-order valence-corrected chi connectivity index (χ4v) is 3.27. The van der Waals surface area contributed by atoms with Crippen LogP contribution in [-0.4, -0.2) is 35.8 Å². The Hall–Kier alpha value is -0.440. The second kappa shape index (κ2) is 5.06. The van der Waals surface area contributed by atoms with Crippen LogP contribution < -0.4 is 0 Å². The van der Waals surface area contributed by atoms with Crippen LogP contribution in [0.4, 0.5) is 0 Å². The number of rotatable bonds is 3. The van der Waals surface area contributed by atoms with E-state index in [0.717, 1.165) is 25.3 Å². The molecule has 0 aromatic carbocycles. The van der Waals surface area contributed by atoms with Crippen molar-refractivity contribution in [2.45, 2.75) is 25.7 Å². The second-order valence-electron chi connectivity index (χ2n) is 4.51. The number of carbonyl (C=O) groups excluding carboxylic acids is 1. The van der Waals surface area contributed by atoms with Gasteiger partial charge in [-0.3, -0.25) is 4.79 Å². The Morgan fingerprint density at radius 3 is 3.07 bits per heavy atom. The highest BCUT2D eigenvalue weighted by Gasteiger charge is 2.23. The van der Waals surface area contributed by atoms with Gasteiger partial charge < -0.3 is 4.90 Å². The van der Waals surface area contributed by atoms with Gasteiger partial charge in [0.2, 0.25) is 0 Å². The van der Waals surface area contributed by atoms with E-state index in [1.54, 1.807) is 0 Å². The number of piperidine rings is 1. The average Bonchev–Trinajstić information content (AvgIpc) is 2.66. The van der Waals surface area contributed by atoms with Crippen LogP contribution in [0.1, 0.15) is 25.7 Å². The van der Waals surface area contributed by atoms with Gasteiger partial charge in [-0.25, -0.2) is 0 Å². The predicted octanol–water partition coefficient (Wildman–Crippen LogP) is 2.31. The van der Waals surface area contributed by atoms with Gasteiger partial charge in [0.1, 0.15) is 0 Å². The number of ketones is 1. The van der Waals surface area contributed by atoms with Gasteiger partial charge in [0.15, 0.2) is 5.78 Å². The summed E-state index contributed by atoms with van der Waals surface area (Å²) in [5.74, 6) is 2.40. The molecular weight excluding hydrogens is 206 g/mol. The summed E-state index contributed by atoms with van der Waals surface area (Å²) in [6.45, 7) is 2.32. The maximum absolute atomic E-state index is 11.2. The SMILES string of the molecule is CSCC1CCCN(C2=CC(=O)CC2)C1. The van der Waals surface area contributed by atoms with Crippen LogP contribution in [0.5, 0.6) is 0 Å². The van der Waals surface area contributed by atoms with Crippen molar-refractivity contribution in [3.05, 3.63) is 11.8 Å². The summed E-state index contributed by atoms with van der Waals surface area (Å²) in [7, 11) is 0. The van der Waals surface area contributed by atoms with Crippen LogP contribution in [0, 0.1) is 5.92 Å². The molecule has 0 aromatic heterocycles. The highest BCUT2D eigenvalue weighted by molar-refractivity contribution is 7.98. The topological polar surface area (TPSA) is 20.3 Å². The van der Waals surface area contributed by atoms with E-state index in [1.165, 1.54) is 30.8 Å². The van der Waals surface area contributed by atoms with E-state index in [1.807, 2.05) is 17.8 Å². The van der Waals surface area contributed by atoms with Crippen molar-refractivity contribution in [1.82, 2.24) is 4.90 Å². The number of carbonyl (C=O) groups is 1. The Kier molecular flexibility index (Phi) is 3.73. The predicted molar refractivity (Wildman–Crippen MR) is 65.0 cm³/mol. The van der Waals surface area contributed by atoms with Gasteiger partial charge in [-0.1, -0.05) is 0 Å². The van der Waals surface area contributed by atoms with Crippen LogP contribution in [0.3, 0.4) is 0 Å². The van der Waals surface area contributed by atoms with Crippen molar-refractivity contribution in [2.24, 2.45) is 5.92 Å². The first-order chi connectivity index (χ1) is 7.29. The molecule has 84 valence electrons. The van der Waals surface area contributed by atoms with Crippen LogP contribution >= 0.6 is 11.8 Å². The van der Waals surface area contributed by atoms with E-state index in [0.29, 0.717) is 5.78 Å². The number of hydrogen-bond donors (Lipinski definition) is 0. The molecule has 0 amide bonds. The van der Waals surface area contributed by atoms with E-state index in [2.05, 4.69) is 11.2 Å². The molecule has 1 heterocycles. The van der Waals surface area contributed by atoms with Gasteiger partial charge in [0, 0.05) is 31.3 Å². The van der Waals surface area contributed by atoms with E-state index in [4.69, 9.17) is 0 Å². The number of allylic oxidation sites excluding steroid dienone is 2. The molecule has 0 aromatic rings. The van der Waals surface area contributed by atoms with E-state index < -0.39 is 0 Å². The second-order valence-corrected chi connectivity index (χ2v) is 5.42. The third-order valence-corrected chi connectivity index (χ3v) is 4.09. The summed E-state index contributed by atoms with van der Waals surface area (Å²) in [6, 6.07) is 0. The third-order valence-electron chi connectivity index (χ3n) is 3.28. The van der Waals surface area contributed by atoms with Crippen LogP contribution in [0.25, 0.3) is 0 Å². The fraction of sp³-hybridized carbons (Fsp3) is 0.750. The van der Waals surface area contributed by atoms with Crippen molar-refractivity contribution in [2.75, 3.05) is 25.1 Å². The molecule has 0 N–H and O–H groups in total. The molecule has 2 aliphatic rings. The van der Waals surface area contributed by atoms with Crippen molar-refractivity contribution < 1.29 is 4.79 Å². The van der Waals surface area contributed by atoms with E-state index in [9.17, 15) is 4.79 Å². The fourth-order valence-electron chi connectivity index (χ4n) is 2.53. The molecule has 2 nitrogen and oxygen atoms in total. The zero-order chi connectivity index (χ0) is 10.7. The number of likely N-dealkylation sites (tertiary alicyclic amines) is 1. The molecule has 0 saturated carbocycles. The Morgan fingerprint density at radius 2 is 2.40 bits per heavy atom. The molecule has 1 aliphatic carbocycles. The highest BCUT2D eigenvalue weighted by Crippen LogP contribution is 2.26. The molecule has 1 fully saturated rings. The van der Waals surface area contributed by atoms with Crippen molar-refractivity contribution >= 4 is 17.5 Å². The van der Waals surface area contributed by atoms with Crippen LogP contribution in [-0.2, 0) is 4.79 Å². The maximum atomic E-state index is 11.2. The van der Waals surface area contributed by atoms with Gasteiger partial charge >= 0.3 is 0 Å². The average molecular weight is 225 g/mol. The monoisotopic (exact) mass is 225 g/mol. The van der Waals surface area contributed by atoms with Gasteiger partial charge in [-0.15, -0.1) is 0 Å². The Bertz CT molecular complexity index is 273. The van der Waals surface area contributed by atoms with Gasteiger partial charge in [0.05, 0.1) is 0 Å². The van der Waals surface area contributed by atoms with Crippen LogP contribution in [0.2, 0.25) is 0 Å². The smallest absolute Gasteiger partial charge is 0.157 e. The van der Waals surface area contributed by atoms with Crippen molar-refractivity contribution in [3.8, 4) is 0 Å². The molecule has 1 unspecified atom stereocenters. The summed E-state index contributed by atoms with van der Waals surface area (Å²) in [5.41, 5.74) is 1.30. The molecule has 1 aliphatic heterocycles. The minimum atomic E-state index is 0.317. The molecule has 3 heteroatoms. The summed E-state index contributed by atoms with van der Waals surface area (Å²) in [6.07, 6.45) is 8.40. The lowest BCUT2D eigenvalue weighted by molar-refractivity contribution is -0.114. The van der Waals surface area contributed by atoms with Crippen molar-refractivity contribution in [1.29, 1.82) is 0 Å². The zero-order valence-corrected chi connectivity index (χ0v) is 10.2. The molecule has 2 rings (SSSR count). The number of thioether (sulfide) groups is 1. The summed E-state index contributed by atoms with van der Waals surface area (Å²) < 4.78 is 0. The van der Waals surface area contributed by atoms with Gasteiger partial charge in [0.25, 0.3) is 0 Å². The Morgan fingerprint density at radius 1 is 1.53 bits per heavy atom. The van der Waals surface area contributed by atoms with Gasteiger partial charge in [-0.2, -0.15) is 11.8 Å². The lowest BCUT2D eigenvalue weighted by Crippen LogP contribution is -2.35. The highest BCUT2D eigenvalue weighted by atomic mass is 32.2. The first-order valence-electron chi connectivity index (χ1n) is 5.77. The molecule has 0 bridgehead atoms. The quantitative estimate of drug-likeness (QED) is 0.735. The normalized spacial score (nSPS) is 27.0. The summed E-state index contributed by atoms with van der Waals surface area (Å²) in [4.78, 5) is 13.6. The molecule has 15 heavy (non-hydrogen) atoms. The standard InChI is InChI=1S/C12H19NOS/c1-15-9-10-3-2-6-13(8-10)11-4-5-12(14)7-11/h7,10H,2-6,8-9H2,1H3. The molecular formula is C12H19NOS. The van der Waals surface area contributed by atoms with E-state index in [-0.39, 0.29) is 0 Å². The van der Waals surface area contributed by atoms with Gasteiger partial charge in [-0.05, 0) is 37.2 Å². The summed E-state index contributed by atoms with van der Waals surface area (Å²) in [5, 5.41) is 0. The first kappa shape index (κ1) is 11.1. The summed E-state index contributed by atoms with van der Waals surface area (Å²) >= 11 is 1.94. The molecule has 1 saturated heterocycles. The zero-order valence-electron chi connectivity index (χ0n) is 9.37. The Balaban J connectivity index is 1.92. The first-order valence-corrected chi connectivity index (χ1v) is 7.16. The number of nitrogens with zero attached hydrogens (tertiary/aromatic N) is 1. The van der Waals surface area contributed by atoms with Crippen molar-refractivity contribution in [3.63, 3.8) is 0 Å². The molecule has 0 radical (unpaired) electrons. The molecule has 0 spiro atoms. The largest absolute Gasteiger partial charge is 0.374 e. The lowest BCUT2D eigenvalue weighted by atomic mass is 9.99. The number of hydrogen-bond acceptors (Lipinski definition) is 3.